The molecular formula is C12H18N2O. The van der Waals surface area contributed by atoms with E-state index >= 15 is 0 Å². The van der Waals surface area contributed by atoms with E-state index in [1.165, 1.54) is 0 Å². The Labute approximate surface area is 90.5 Å². The number of nitrogens with two attached hydrogens (primary N) is 1. The first-order chi connectivity index (χ1) is 7.15. The molecule has 1 fully saturated rings. The molecule has 1 aliphatic rings. The van der Waals surface area contributed by atoms with Gasteiger partial charge in [-0.05, 0) is 37.0 Å². The van der Waals surface area contributed by atoms with Crippen molar-refractivity contribution in [1.82, 2.24) is 0 Å². The third-order valence-corrected chi connectivity index (χ3v) is 3.05. The Kier molecular flexibility index (Phi) is 2.82. The lowest BCUT2D eigenvalue weighted by Gasteiger charge is -2.35. The van der Waals surface area contributed by atoms with Crippen molar-refractivity contribution < 1.29 is 5.11 Å². The molecule has 0 amide bonds. The molecule has 0 radical (unpaired) electrons. The van der Waals surface area contributed by atoms with Gasteiger partial charge < -0.3 is 15.7 Å². The average Bonchev–Trinajstić information content (AvgIpc) is 2.15. The summed E-state index contributed by atoms with van der Waals surface area (Å²) < 4.78 is 0. The lowest BCUT2D eigenvalue weighted by molar-refractivity contribution is 0.0465. The van der Waals surface area contributed by atoms with Crippen molar-refractivity contribution >= 4 is 11.4 Å². The van der Waals surface area contributed by atoms with Gasteiger partial charge in [0.1, 0.15) is 0 Å². The zero-order chi connectivity index (χ0) is 10.8. The Hall–Kier alpha value is -1.22. The normalized spacial score (nSPS) is 24.7. The number of nitrogens with zero attached hydrogens (tertiary/aromatic N) is 1. The third-order valence-electron chi connectivity index (χ3n) is 3.05. The minimum Gasteiger partial charge on any atom is -0.399 e. The van der Waals surface area contributed by atoms with Crippen LogP contribution in [0.5, 0.6) is 0 Å². The lowest BCUT2D eigenvalue weighted by Crippen LogP contribution is -2.37. The largest absolute Gasteiger partial charge is 0.399 e. The fourth-order valence-corrected chi connectivity index (χ4v) is 2.10. The fourth-order valence-electron chi connectivity index (χ4n) is 2.10. The first-order valence-corrected chi connectivity index (χ1v) is 5.40. The van der Waals surface area contributed by atoms with E-state index in [-0.39, 0.29) is 6.10 Å². The standard InChI is InChI=1S/C12H18N2O/c1-14(8-9-5-12(15)6-9)11-4-2-3-10(13)7-11/h2-4,7,9,12,15H,5-6,8,13H2,1H3. The number of aliphatic hydroxyl groups excluding tert-OH is 1. The highest BCUT2D eigenvalue weighted by Crippen LogP contribution is 2.29. The van der Waals surface area contributed by atoms with Crippen molar-refractivity contribution in [3.63, 3.8) is 0 Å². The van der Waals surface area contributed by atoms with Gasteiger partial charge in [-0.25, -0.2) is 0 Å². The number of anilines is 2. The maximum absolute atomic E-state index is 9.21. The Morgan fingerprint density at radius 1 is 1.47 bits per heavy atom. The minimum atomic E-state index is -0.0655. The smallest absolute Gasteiger partial charge is 0.0546 e. The molecule has 3 heteroatoms. The average molecular weight is 206 g/mol. The van der Waals surface area contributed by atoms with Crippen molar-refractivity contribution in [2.24, 2.45) is 5.92 Å². The van der Waals surface area contributed by atoms with Gasteiger partial charge in [0.2, 0.25) is 0 Å². The Bertz CT molecular complexity index is 334. The molecular weight excluding hydrogens is 188 g/mol. The highest BCUT2D eigenvalue weighted by atomic mass is 16.3. The molecule has 3 nitrogen and oxygen atoms in total. The molecule has 82 valence electrons. The molecule has 0 heterocycles. The van der Waals surface area contributed by atoms with Gasteiger partial charge in [0.15, 0.2) is 0 Å². The van der Waals surface area contributed by atoms with Gasteiger partial charge in [-0.2, -0.15) is 0 Å². The van der Waals surface area contributed by atoms with Gasteiger partial charge in [0.05, 0.1) is 6.10 Å². The zero-order valence-electron chi connectivity index (χ0n) is 9.06. The maximum atomic E-state index is 9.21. The predicted octanol–water partition coefficient (Wildman–Crippen LogP) is 1.48. The molecule has 1 aliphatic carbocycles. The van der Waals surface area contributed by atoms with Gasteiger partial charge in [0, 0.05) is 25.0 Å². The highest BCUT2D eigenvalue weighted by Gasteiger charge is 2.27. The maximum Gasteiger partial charge on any atom is 0.0546 e. The van der Waals surface area contributed by atoms with E-state index in [0.29, 0.717) is 5.92 Å². The van der Waals surface area contributed by atoms with Crippen molar-refractivity contribution in [3.8, 4) is 0 Å². The van der Waals surface area contributed by atoms with Crippen molar-refractivity contribution in [3.05, 3.63) is 24.3 Å². The summed E-state index contributed by atoms with van der Waals surface area (Å²) in [7, 11) is 2.07. The van der Waals surface area contributed by atoms with E-state index < -0.39 is 0 Å². The fraction of sp³-hybridized carbons (Fsp3) is 0.500. The van der Waals surface area contributed by atoms with Crippen LogP contribution in [0.2, 0.25) is 0 Å². The summed E-state index contributed by atoms with van der Waals surface area (Å²) in [6, 6.07) is 7.90. The monoisotopic (exact) mass is 206 g/mol. The van der Waals surface area contributed by atoms with Crippen LogP contribution in [0.25, 0.3) is 0 Å². The van der Waals surface area contributed by atoms with Gasteiger partial charge in [0.25, 0.3) is 0 Å². The lowest BCUT2D eigenvalue weighted by atomic mass is 9.82. The predicted molar refractivity (Wildman–Crippen MR) is 62.9 cm³/mol. The molecule has 3 N–H and O–H groups in total. The molecule has 0 aromatic heterocycles. The van der Waals surface area contributed by atoms with E-state index in [0.717, 1.165) is 30.8 Å². The number of hydrogen-bond acceptors (Lipinski definition) is 3. The third kappa shape index (κ3) is 2.42. The molecule has 15 heavy (non-hydrogen) atoms. The van der Waals surface area contributed by atoms with Gasteiger partial charge in [-0.3, -0.25) is 0 Å². The first-order valence-electron chi connectivity index (χ1n) is 5.40. The summed E-state index contributed by atoms with van der Waals surface area (Å²) in [4.78, 5) is 2.20. The quantitative estimate of drug-likeness (QED) is 0.736. The first kappa shape index (κ1) is 10.3. The van der Waals surface area contributed by atoms with Crippen LogP contribution in [-0.4, -0.2) is 24.8 Å². The summed E-state index contributed by atoms with van der Waals surface area (Å²) in [5, 5.41) is 9.21. The van der Waals surface area contributed by atoms with Crippen molar-refractivity contribution in [2.45, 2.75) is 18.9 Å². The van der Waals surface area contributed by atoms with Crippen LogP contribution in [-0.2, 0) is 0 Å². The van der Waals surface area contributed by atoms with Crippen molar-refractivity contribution in [2.75, 3.05) is 24.2 Å². The number of aliphatic hydroxyl groups is 1. The molecule has 0 bridgehead atoms. The van der Waals surface area contributed by atoms with Crippen LogP contribution in [0.4, 0.5) is 11.4 Å². The summed E-state index contributed by atoms with van der Waals surface area (Å²) in [6.07, 6.45) is 1.81. The summed E-state index contributed by atoms with van der Waals surface area (Å²) in [6.45, 7) is 1.00. The summed E-state index contributed by atoms with van der Waals surface area (Å²) in [5.41, 5.74) is 7.68. The Balaban J connectivity index is 1.93. The number of benzene rings is 1. The van der Waals surface area contributed by atoms with Crippen LogP contribution in [0.3, 0.4) is 0 Å². The molecule has 1 saturated carbocycles. The number of nitrogen functional groups attached to an aromatic ring is 1. The molecule has 0 spiro atoms. The van der Waals surface area contributed by atoms with E-state index in [4.69, 9.17) is 5.73 Å². The zero-order valence-corrected chi connectivity index (χ0v) is 9.06. The molecule has 1 aromatic carbocycles. The van der Waals surface area contributed by atoms with E-state index in [2.05, 4.69) is 18.0 Å². The second-order valence-electron chi connectivity index (χ2n) is 4.47. The molecule has 0 aliphatic heterocycles. The van der Waals surface area contributed by atoms with Crippen LogP contribution in [0.15, 0.2) is 24.3 Å². The number of hydrogen-bond donors (Lipinski definition) is 2. The molecule has 1 aromatic rings. The van der Waals surface area contributed by atoms with Gasteiger partial charge in [-0.1, -0.05) is 6.07 Å². The second kappa shape index (κ2) is 4.11. The van der Waals surface area contributed by atoms with Gasteiger partial charge in [-0.15, -0.1) is 0 Å². The second-order valence-corrected chi connectivity index (χ2v) is 4.47. The van der Waals surface area contributed by atoms with Crippen LogP contribution < -0.4 is 10.6 Å². The van der Waals surface area contributed by atoms with Crippen molar-refractivity contribution in [1.29, 1.82) is 0 Å². The Morgan fingerprint density at radius 3 is 2.80 bits per heavy atom. The highest BCUT2D eigenvalue weighted by molar-refractivity contribution is 5.55. The SMILES string of the molecule is CN(CC1CC(O)C1)c1cccc(N)c1. The summed E-state index contributed by atoms with van der Waals surface area (Å²) in [5.74, 6) is 0.631. The van der Waals surface area contributed by atoms with E-state index in [1.54, 1.807) is 0 Å². The number of rotatable bonds is 3. The van der Waals surface area contributed by atoms with E-state index in [1.807, 2.05) is 18.2 Å². The Morgan fingerprint density at radius 2 is 2.20 bits per heavy atom. The molecule has 0 saturated heterocycles. The topological polar surface area (TPSA) is 49.5 Å². The molecule has 0 atom stereocenters. The summed E-state index contributed by atoms with van der Waals surface area (Å²) >= 11 is 0. The van der Waals surface area contributed by atoms with E-state index in [9.17, 15) is 5.11 Å². The van der Waals surface area contributed by atoms with Crippen LogP contribution >= 0.6 is 0 Å². The minimum absolute atomic E-state index is 0.0655. The molecule has 2 rings (SSSR count). The molecule has 0 unspecified atom stereocenters. The van der Waals surface area contributed by atoms with Crippen LogP contribution in [0.1, 0.15) is 12.8 Å². The van der Waals surface area contributed by atoms with Crippen LogP contribution in [0, 0.1) is 5.92 Å². The van der Waals surface area contributed by atoms with Gasteiger partial charge >= 0.3 is 0 Å².